The number of aromatic nitrogens is 2. The largest absolute Gasteiger partial charge is 0.485 e. The molecule has 4 rings (SSSR count). The molecule has 1 fully saturated rings. The number of rotatable bonds is 9. The molecule has 0 bridgehead atoms. The van der Waals surface area contributed by atoms with E-state index in [1.54, 1.807) is 42.8 Å². The van der Waals surface area contributed by atoms with Crippen molar-refractivity contribution in [3.8, 4) is 5.75 Å². The number of nitrogens with one attached hydrogen (secondary N) is 1. The molecule has 3 heterocycles. The summed E-state index contributed by atoms with van der Waals surface area (Å²) in [6.45, 7) is 8.93. The molecule has 11 heteroatoms. The van der Waals surface area contributed by atoms with E-state index in [-0.39, 0.29) is 30.2 Å². The second kappa shape index (κ2) is 11.7. The van der Waals surface area contributed by atoms with Gasteiger partial charge in [-0.25, -0.2) is 0 Å². The molecule has 0 saturated carbocycles. The number of carbonyl (C=O) groups is 3. The van der Waals surface area contributed by atoms with Crippen LogP contribution >= 0.6 is 11.6 Å². The molecule has 0 unspecified atom stereocenters. The fourth-order valence-electron chi connectivity index (χ4n) is 5.10. The number of nitrogens with zero attached hydrogens (tertiary/aromatic N) is 4. The minimum Gasteiger partial charge on any atom is -0.485 e. The van der Waals surface area contributed by atoms with Crippen LogP contribution in [0.4, 0.5) is 0 Å². The highest BCUT2D eigenvalue weighted by molar-refractivity contribution is 6.31. The number of carbonyl (C=O) groups excluding carboxylic acids is 3. The molecule has 1 saturated heterocycles. The average molecular weight is 546 g/mol. The minimum atomic E-state index is -0.550. The van der Waals surface area contributed by atoms with Crippen LogP contribution in [-0.4, -0.2) is 64.3 Å². The molecule has 0 radical (unpaired) electrons. The molecule has 3 amide bonds. The summed E-state index contributed by atoms with van der Waals surface area (Å²) < 4.78 is 11.5. The SMILES string of the molecule is CNC(=O)[C@H](C)[C@@H](C)C(=O)N1CCc2c(Cl)ccc(OCc3noc(C(C)C)n3)c2[C@H]1CN1CCCC1=O. The number of ether oxygens (including phenoxy) is 1. The molecular formula is C27H36ClN5O5. The number of likely N-dealkylation sites (tertiary alicyclic amines) is 1. The van der Waals surface area contributed by atoms with Gasteiger partial charge in [0.15, 0.2) is 6.61 Å². The van der Waals surface area contributed by atoms with Gasteiger partial charge in [0.25, 0.3) is 0 Å². The second-order valence-corrected chi connectivity index (χ2v) is 10.8. The smallest absolute Gasteiger partial charge is 0.229 e. The van der Waals surface area contributed by atoms with E-state index in [2.05, 4.69) is 15.5 Å². The zero-order chi connectivity index (χ0) is 27.6. The Labute approximate surface area is 228 Å². The Morgan fingerprint density at radius 2 is 1.95 bits per heavy atom. The molecule has 2 aliphatic heterocycles. The molecule has 38 heavy (non-hydrogen) atoms. The molecular weight excluding hydrogens is 510 g/mol. The van der Waals surface area contributed by atoms with Crippen LogP contribution in [0, 0.1) is 11.8 Å². The maximum absolute atomic E-state index is 13.8. The van der Waals surface area contributed by atoms with Crippen LogP contribution in [0.1, 0.15) is 75.3 Å². The van der Waals surface area contributed by atoms with Crippen LogP contribution in [0.5, 0.6) is 5.75 Å². The fourth-order valence-corrected chi connectivity index (χ4v) is 5.36. The van der Waals surface area contributed by atoms with E-state index in [1.807, 2.05) is 13.8 Å². The molecule has 1 N–H and O–H groups in total. The van der Waals surface area contributed by atoms with Crippen LogP contribution in [-0.2, 0) is 27.4 Å². The first-order valence-corrected chi connectivity index (χ1v) is 13.6. The Bertz CT molecular complexity index is 1200. The second-order valence-electron chi connectivity index (χ2n) is 10.4. The van der Waals surface area contributed by atoms with E-state index in [1.165, 1.54) is 0 Å². The maximum Gasteiger partial charge on any atom is 0.229 e. The van der Waals surface area contributed by atoms with Gasteiger partial charge in [-0.2, -0.15) is 4.98 Å². The van der Waals surface area contributed by atoms with Crippen LogP contribution in [0.2, 0.25) is 5.02 Å². The van der Waals surface area contributed by atoms with Gasteiger partial charge in [-0.3, -0.25) is 14.4 Å². The van der Waals surface area contributed by atoms with Gasteiger partial charge in [0.2, 0.25) is 29.4 Å². The number of amides is 3. The Morgan fingerprint density at radius 1 is 1.18 bits per heavy atom. The minimum absolute atomic E-state index is 0.0637. The molecule has 2 aromatic rings. The molecule has 0 spiro atoms. The Morgan fingerprint density at radius 3 is 2.58 bits per heavy atom. The summed E-state index contributed by atoms with van der Waals surface area (Å²) in [6.07, 6.45) is 1.81. The highest BCUT2D eigenvalue weighted by atomic mass is 35.5. The van der Waals surface area contributed by atoms with Gasteiger partial charge in [-0.1, -0.05) is 44.5 Å². The molecule has 1 aromatic carbocycles. The lowest BCUT2D eigenvalue weighted by molar-refractivity contribution is -0.144. The zero-order valence-electron chi connectivity index (χ0n) is 22.6. The average Bonchev–Trinajstić information content (AvgIpc) is 3.56. The summed E-state index contributed by atoms with van der Waals surface area (Å²) in [6, 6.07) is 3.10. The highest BCUT2D eigenvalue weighted by Gasteiger charge is 2.40. The van der Waals surface area contributed by atoms with Gasteiger partial charge in [0, 0.05) is 61.4 Å². The van der Waals surface area contributed by atoms with E-state index in [9.17, 15) is 14.4 Å². The zero-order valence-corrected chi connectivity index (χ0v) is 23.4. The molecule has 206 valence electrons. The molecule has 0 aliphatic carbocycles. The van der Waals surface area contributed by atoms with Crippen molar-refractivity contribution in [1.29, 1.82) is 0 Å². The van der Waals surface area contributed by atoms with Gasteiger partial charge in [0.05, 0.1) is 6.04 Å². The Kier molecular flexibility index (Phi) is 8.60. The molecule has 10 nitrogen and oxygen atoms in total. The summed E-state index contributed by atoms with van der Waals surface area (Å²) >= 11 is 6.65. The van der Waals surface area contributed by atoms with E-state index in [0.29, 0.717) is 55.0 Å². The third kappa shape index (κ3) is 5.65. The van der Waals surface area contributed by atoms with Crippen LogP contribution < -0.4 is 10.1 Å². The van der Waals surface area contributed by atoms with Gasteiger partial charge in [-0.15, -0.1) is 0 Å². The van der Waals surface area contributed by atoms with E-state index < -0.39 is 17.9 Å². The summed E-state index contributed by atoms with van der Waals surface area (Å²) in [5, 5.41) is 7.23. The summed E-state index contributed by atoms with van der Waals surface area (Å²) in [4.78, 5) is 46.7. The lowest BCUT2D eigenvalue weighted by Crippen LogP contribution is -2.49. The number of benzene rings is 1. The van der Waals surface area contributed by atoms with Crippen LogP contribution in [0.25, 0.3) is 0 Å². The number of halogens is 1. The molecule has 1 aromatic heterocycles. The summed E-state index contributed by atoms with van der Waals surface area (Å²) in [7, 11) is 1.56. The van der Waals surface area contributed by atoms with Gasteiger partial charge in [0.1, 0.15) is 5.75 Å². The first kappa shape index (κ1) is 27.9. The standard InChI is InChI=1S/C27H36ClN5O5/c1-15(2)26-30-22(31-38-26)14-37-21-9-8-19(28)18-10-12-33(27(36)17(4)16(3)25(35)29-5)20(24(18)21)13-32-11-6-7-23(32)34/h8-9,15-17,20H,6-7,10-14H2,1-5H3,(H,29,35)/t16-,17-,20-/m1/s1. The van der Waals surface area contributed by atoms with Crippen molar-refractivity contribution >= 4 is 29.3 Å². The van der Waals surface area contributed by atoms with E-state index >= 15 is 0 Å². The molecule has 2 aliphatic rings. The quantitative estimate of drug-likeness (QED) is 0.512. The van der Waals surface area contributed by atoms with Crippen molar-refractivity contribution in [2.24, 2.45) is 11.8 Å². The normalized spacial score (nSPS) is 18.9. The van der Waals surface area contributed by atoms with Crippen molar-refractivity contribution in [3.63, 3.8) is 0 Å². The first-order chi connectivity index (χ1) is 18.1. The van der Waals surface area contributed by atoms with Crippen LogP contribution in [0.15, 0.2) is 16.7 Å². The highest BCUT2D eigenvalue weighted by Crippen LogP contribution is 2.42. The topological polar surface area (TPSA) is 118 Å². The number of hydrogen-bond acceptors (Lipinski definition) is 7. The summed E-state index contributed by atoms with van der Waals surface area (Å²) in [5.74, 6) is 0.271. The van der Waals surface area contributed by atoms with Crippen molar-refractivity contribution in [3.05, 3.63) is 40.0 Å². The van der Waals surface area contributed by atoms with Crippen molar-refractivity contribution < 1.29 is 23.6 Å². The van der Waals surface area contributed by atoms with Crippen molar-refractivity contribution in [1.82, 2.24) is 25.3 Å². The van der Waals surface area contributed by atoms with Crippen molar-refractivity contribution in [2.45, 2.75) is 65.5 Å². The third-order valence-corrected chi connectivity index (χ3v) is 7.91. The van der Waals surface area contributed by atoms with Crippen molar-refractivity contribution in [2.75, 3.05) is 26.7 Å². The number of hydrogen-bond donors (Lipinski definition) is 1. The first-order valence-electron chi connectivity index (χ1n) is 13.2. The van der Waals surface area contributed by atoms with E-state index in [0.717, 1.165) is 17.5 Å². The Balaban J connectivity index is 1.69. The lowest BCUT2D eigenvalue weighted by Gasteiger charge is -2.41. The van der Waals surface area contributed by atoms with Gasteiger partial charge >= 0.3 is 0 Å². The number of fused-ring (bicyclic) bond motifs is 1. The monoisotopic (exact) mass is 545 g/mol. The van der Waals surface area contributed by atoms with Gasteiger partial charge in [-0.05, 0) is 30.5 Å². The van der Waals surface area contributed by atoms with Crippen LogP contribution in [0.3, 0.4) is 0 Å². The third-order valence-electron chi connectivity index (χ3n) is 7.55. The lowest BCUT2D eigenvalue weighted by atomic mass is 9.87. The predicted molar refractivity (Wildman–Crippen MR) is 141 cm³/mol. The fraction of sp³-hybridized carbons (Fsp3) is 0.593. The van der Waals surface area contributed by atoms with E-state index in [4.69, 9.17) is 20.9 Å². The Hall–Kier alpha value is -3.14. The van der Waals surface area contributed by atoms with Gasteiger partial charge < -0.3 is 24.4 Å². The maximum atomic E-state index is 13.8. The predicted octanol–water partition coefficient (Wildman–Crippen LogP) is 3.49. The summed E-state index contributed by atoms with van der Waals surface area (Å²) in [5.41, 5.74) is 1.68. The molecule has 3 atom stereocenters.